The summed E-state index contributed by atoms with van der Waals surface area (Å²) in [5, 5.41) is 4.99. The summed E-state index contributed by atoms with van der Waals surface area (Å²) in [6, 6.07) is 2.90. The van der Waals surface area contributed by atoms with Crippen LogP contribution in [0.1, 0.15) is 46.5 Å². The summed E-state index contributed by atoms with van der Waals surface area (Å²) in [5.41, 5.74) is -1.22. The van der Waals surface area contributed by atoms with Crippen molar-refractivity contribution in [2.75, 3.05) is 20.3 Å². The minimum absolute atomic E-state index is 0.0538. The van der Waals surface area contributed by atoms with Crippen LogP contribution in [-0.4, -0.2) is 36.6 Å². The number of hydrogen-bond acceptors (Lipinski definition) is 4. The molecule has 0 radical (unpaired) electrons. The molecule has 1 aromatic carbocycles. The molecule has 2 rings (SSSR count). The molecule has 9 heteroatoms. The summed E-state index contributed by atoms with van der Waals surface area (Å²) in [7, 11) is 1.48. The smallest absolute Gasteiger partial charge is 0.257 e. The van der Waals surface area contributed by atoms with Gasteiger partial charge >= 0.3 is 0 Å². The molecule has 31 heavy (non-hydrogen) atoms. The van der Waals surface area contributed by atoms with Crippen molar-refractivity contribution in [2.45, 2.75) is 33.4 Å². The van der Waals surface area contributed by atoms with E-state index in [-0.39, 0.29) is 36.4 Å². The molecular formula is C22H27F2N3O4. The molecule has 0 fully saturated rings. The van der Waals surface area contributed by atoms with Crippen molar-refractivity contribution in [3.8, 4) is 0 Å². The Labute approximate surface area is 179 Å². The van der Waals surface area contributed by atoms with Crippen LogP contribution < -0.4 is 16.1 Å². The Hall–Kier alpha value is -3.07. The number of benzene rings is 1. The number of rotatable bonds is 10. The predicted molar refractivity (Wildman–Crippen MR) is 112 cm³/mol. The highest BCUT2D eigenvalue weighted by Gasteiger charge is 2.19. The van der Waals surface area contributed by atoms with Crippen LogP contribution >= 0.6 is 0 Å². The van der Waals surface area contributed by atoms with Gasteiger partial charge in [0.25, 0.3) is 11.8 Å². The van der Waals surface area contributed by atoms with Crippen molar-refractivity contribution in [3.05, 3.63) is 69.1 Å². The van der Waals surface area contributed by atoms with Gasteiger partial charge in [0.15, 0.2) is 0 Å². The first kappa shape index (κ1) is 24.2. The zero-order valence-corrected chi connectivity index (χ0v) is 17.8. The first-order chi connectivity index (χ1) is 14.7. The lowest BCUT2D eigenvalue weighted by Gasteiger charge is -2.14. The second-order valence-corrected chi connectivity index (χ2v) is 7.50. The molecule has 7 nitrogen and oxygen atoms in total. The number of nitrogens with zero attached hydrogens (tertiary/aromatic N) is 1. The van der Waals surface area contributed by atoms with E-state index in [1.807, 2.05) is 13.8 Å². The molecule has 1 aromatic heterocycles. The molecule has 1 heterocycles. The molecule has 0 aliphatic rings. The van der Waals surface area contributed by atoms with E-state index in [0.29, 0.717) is 12.5 Å². The monoisotopic (exact) mass is 435 g/mol. The SMILES string of the molecule is COCCNC(=O)c1cn(CCC(C)C)cc(C(=O)NCc2cc(F)ccc2F)c1=O. The second kappa shape index (κ2) is 11.4. The van der Waals surface area contributed by atoms with Gasteiger partial charge in [0.1, 0.15) is 22.8 Å². The number of hydrogen-bond donors (Lipinski definition) is 2. The van der Waals surface area contributed by atoms with E-state index < -0.39 is 28.9 Å². The van der Waals surface area contributed by atoms with Gasteiger partial charge in [-0.25, -0.2) is 8.78 Å². The van der Waals surface area contributed by atoms with E-state index in [4.69, 9.17) is 4.74 Å². The van der Waals surface area contributed by atoms with Crippen molar-refractivity contribution in [2.24, 2.45) is 5.92 Å². The highest BCUT2D eigenvalue weighted by molar-refractivity contribution is 5.99. The molecule has 0 bridgehead atoms. The zero-order chi connectivity index (χ0) is 23.0. The second-order valence-electron chi connectivity index (χ2n) is 7.50. The highest BCUT2D eigenvalue weighted by Crippen LogP contribution is 2.10. The number of carbonyl (C=O) groups is 2. The standard InChI is InChI=1S/C22H27F2N3O4/c1-14(2)6-8-27-12-17(21(29)25-7-9-31-3)20(28)18(13-27)22(30)26-11-15-10-16(23)4-5-19(15)24/h4-5,10,12-14H,6-9,11H2,1-3H3,(H,25,29)(H,26,30). The fraction of sp³-hybridized carbons (Fsp3) is 0.409. The van der Waals surface area contributed by atoms with Crippen LogP contribution in [0.4, 0.5) is 8.78 Å². The van der Waals surface area contributed by atoms with Crippen molar-refractivity contribution in [1.29, 1.82) is 0 Å². The number of ether oxygens (including phenoxy) is 1. The lowest BCUT2D eigenvalue weighted by molar-refractivity contribution is 0.0935. The van der Waals surface area contributed by atoms with Gasteiger partial charge in [-0.15, -0.1) is 0 Å². The van der Waals surface area contributed by atoms with Gasteiger partial charge in [0.2, 0.25) is 5.43 Å². The average Bonchev–Trinajstić information content (AvgIpc) is 2.73. The van der Waals surface area contributed by atoms with Gasteiger partial charge in [-0.1, -0.05) is 13.8 Å². The molecule has 2 N–H and O–H groups in total. The van der Waals surface area contributed by atoms with E-state index in [1.165, 1.54) is 19.5 Å². The Bertz CT molecular complexity index is 989. The lowest BCUT2D eigenvalue weighted by Crippen LogP contribution is -2.36. The molecule has 2 amide bonds. The Balaban J connectivity index is 2.30. The van der Waals surface area contributed by atoms with Gasteiger partial charge < -0.3 is 19.9 Å². The van der Waals surface area contributed by atoms with Crippen LogP contribution in [0.2, 0.25) is 0 Å². The van der Waals surface area contributed by atoms with Gasteiger partial charge in [-0.05, 0) is 30.5 Å². The minimum atomic E-state index is -0.779. The molecule has 0 spiro atoms. The Morgan fingerprint density at radius 2 is 1.74 bits per heavy atom. The van der Waals surface area contributed by atoms with Crippen LogP contribution in [0.3, 0.4) is 0 Å². The van der Waals surface area contributed by atoms with Crippen LogP contribution in [0.15, 0.2) is 35.4 Å². The summed E-state index contributed by atoms with van der Waals surface area (Å²) in [6.07, 6.45) is 3.55. The van der Waals surface area contributed by atoms with Gasteiger partial charge in [-0.2, -0.15) is 0 Å². The topological polar surface area (TPSA) is 89.4 Å². The molecule has 0 aliphatic heterocycles. The van der Waals surface area contributed by atoms with E-state index in [2.05, 4.69) is 10.6 Å². The summed E-state index contributed by atoms with van der Waals surface area (Å²) < 4.78 is 33.7. The fourth-order valence-electron chi connectivity index (χ4n) is 2.80. The number of halogens is 2. The molecule has 2 aromatic rings. The number of pyridine rings is 1. The summed E-state index contributed by atoms with van der Waals surface area (Å²) in [5.74, 6) is -2.35. The molecule has 0 saturated carbocycles. The zero-order valence-electron chi connectivity index (χ0n) is 17.8. The van der Waals surface area contributed by atoms with Gasteiger partial charge in [-0.3, -0.25) is 14.4 Å². The number of amides is 2. The third-order valence-corrected chi connectivity index (χ3v) is 4.57. The average molecular weight is 435 g/mol. The first-order valence-corrected chi connectivity index (χ1v) is 9.96. The van der Waals surface area contributed by atoms with Crippen molar-refractivity contribution < 1.29 is 23.1 Å². The quantitative estimate of drug-likeness (QED) is 0.561. The number of carbonyl (C=O) groups excluding carboxylic acids is 2. The van der Waals surface area contributed by atoms with Crippen molar-refractivity contribution in [1.82, 2.24) is 15.2 Å². The van der Waals surface area contributed by atoms with E-state index >= 15 is 0 Å². The van der Waals surface area contributed by atoms with Crippen LogP contribution in [0.25, 0.3) is 0 Å². The third kappa shape index (κ3) is 6.99. The molecule has 0 atom stereocenters. The molecule has 0 unspecified atom stereocenters. The maximum Gasteiger partial charge on any atom is 0.257 e. The van der Waals surface area contributed by atoms with Gasteiger partial charge in [0, 0.05) is 44.7 Å². The van der Waals surface area contributed by atoms with Crippen LogP contribution in [0, 0.1) is 17.6 Å². The van der Waals surface area contributed by atoms with Crippen LogP contribution in [0.5, 0.6) is 0 Å². The third-order valence-electron chi connectivity index (χ3n) is 4.57. The van der Waals surface area contributed by atoms with E-state index in [9.17, 15) is 23.2 Å². The minimum Gasteiger partial charge on any atom is -0.383 e. The number of nitrogens with one attached hydrogen (secondary N) is 2. The fourth-order valence-corrected chi connectivity index (χ4v) is 2.80. The lowest BCUT2D eigenvalue weighted by atomic mass is 10.1. The number of methoxy groups -OCH3 is 1. The van der Waals surface area contributed by atoms with Crippen molar-refractivity contribution >= 4 is 11.8 Å². The summed E-state index contributed by atoms with van der Waals surface area (Å²) >= 11 is 0. The maximum atomic E-state index is 13.8. The van der Waals surface area contributed by atoms with Crippen molar-refractivity contribution in [3.63, 3.8) is 0 Å². The Kier molecular flexibility index (Phi) is 8.87. The Morgan fingerprint density at radius 3 is 2.35 bits per heavy atom. The molecule has 168 valence electrons. The summed E-state index contributed by atoms with van der Waals surface area (Å²) in [6.45, 7) is 4.72. The highest BCUT2D eigenvalue weighted by atomic mass is 19.1. The number of aryl methyl sites for hydroxylation is 1. The molecule has 0 saturated heterocycles. The normalized spacial score (nSPS) is 10.9. The van der Waals surface area contributed by atoms with E-state index in [1.54, 1.807) is 4.57 Å². The first-order valence-electron chi connectivity index (χ1n) is 9.96. The predicted octanol–water partition coefficient (Wildman–Crippen LogP) is 2.48. The van der Waals surface area contributed by atoms with Crippen LogP contribution in [-0.2, 0) is 17.8 Å². The van der Waals surface area contributed by atoms with Gasteiger partial charge in [0.05, 0.1) is 6.61 Å². The summed E-state index contributed by atoms with van der Waals surface area (Å²) in [4.78, 5) is 37.9. The number of aromatic nitrogens is 1. The molecular weight excluding hydrogens is 408 g/mol. The maximum absolute atomic E-state index is 13.8. The molecule has 0 aliphatic carbocycles. The largest absolute Gasteiger partial charge is 0.383 e. The van der Waals surface area contributed by atoms with E-state index in [0.717, 1.165) is 24.6 Å². The Morgan fingerprint density at radius 1 is 1.10 bits per heavy atom.